The van der Waals surface area contributed by atoms with E-state index in [0.717, 1.165) is 0 Å². The van der Waals surface area contributed by atoms with Gasteiger partial charge < -0.3 is 10.8 Å². The topological polar surface area (TPSA) is 63.3 Å². The molecule has 3 nitrogen and oxygen atoms in total. The molecule has 0 heterocycles. The van der Waals surface area contributed by atoms with E-state index < -0.39 is 5.97 Å². The SMILES string of the molecule is NCCC(=S)C(=S)C(=O)O. The third kappa shape index (κ3) is 2.95. The lowest BCUT2D eigenvalue weighted by atomic mass is 10.2. The minimum absolute atomic E-state index is 0.194. The smallest absolute Gasteiger partial charge is 0.347 e. The molecule has 0 radical (unpaired) electrons. The van der Waals surface area contributed by atoms with Crippen molar-refractivity contribution in [3.8, 4) is 0 Å². The summed E-state index contributed by atoms with van der Waals surface area (Å²) in [5.41, 5.74) is 5.13. The first-order chi connectivity index (χ1) is 4.59. The predicted molar refractivity (Wildman–Crippen MR) is 46.5 cm³/mol. The largest absolute Gasteiger partial charge is 0.477 e. The Morgan fingerprint density at radius 3 is 2.30 bits per heavy atom. The van der Waals surface area contributed by atoms with Gasteiger partial charge in [0.05, 0.1) is 0 Å². The monoisotopic (exact) mass is 177 g/mol. The second-order valence-electron chi connectivity index (χ2n) is 1.60. The molecule has 0 atom stereocenters. The third-order valence-corrected chi connectivity index (χ3v) is 1.78. The van der Waals surface area contributed by atoms with Crippen LogP contribution in [0.5, 0.6) is 0 Å². The first kappa shape index (κ1) is 9.61. The van der Waals surface area contributed by atoms with Crippen LogP contribution in [0.1, 0.15) is 6.42 Å². The number of carboxylic acids is 1. The van der Waals surface area contributed by atoms with Crippen molar-refractivity contribution in [3.63, 3.8) is 0 Å². The van der Waals surface area contributed by atoms with Crippen LogP contribution in [0.2, 0.25) is 0 Å². The van der Waals surface area contributed by atoms with Gasteiger partial charge in [-0.05, 0) is 13.0 Å². The van der Waals surface area contributed by atoms with Gasteiger partial charge in [-0.1, -0.05) is 24.4 Å². The van der Waals surface area contributed by atoms with Crippen molar-refractivity contribution in [1.29, 1.82) is 0 Å². The lowest BCUT2D eigenvalue weighted by Crippen LogP contribution is -2.21. The molecule has 0 aliphatic heterocycles. The summed E-state index contributed by atoms with van der Waals surface area (Å²) in [6.45, 7) is 0.340. The fourth-order valence-electron chi connectivity index (χ4n) is 0.364. The summed E-state index contributed by atoms with van der Waals surface area (Å²) in [4.78, 5) is 10.2. The second-order valence-corrected chi connectivity index (χ2v) is 2.50. The molecule has 0 aromatic carbocycles. The van der Waals surface area contributed by atoms with Gasteiger partial charge in [0.25, 0.3) is 0 Å². The molecule has 0 fully saturated rings. The number of rotatable bonds is 4. The Hall–Kier alpha value is -0.390. The molecular formula is C5H7NO2S2. The molecule has 0 aliphatic carbocycles. The molecule has 0 aromatic rings. The minimum Gasteiger partial charge on any atom is -0.477 e. The van der Waals surface area contributed by atoms with Crippen LogP contribution in [0.3, 0.4) is 0 Å². The molecule has 3 N–H and O–H groups in total. The Kier molecular flexibility index (Phi) is 4.26. The van der Waals surface area contributed by atoms with Gasteiger partial charge in [-0.2, -0.15) is 0 Å². The fourth-order valence-corrected chi connectivity index (χ4v) is 0.671. The quantitative estimate of drug-likeness (QED) is 0.599. The molecule has 0 saturated carbocycles. The molecule has 0 rings (SSSR count). The van der Waals surface area contributed by atoms with Gasteiger partial charge in [-0.3, -0.25) is 0 Å². The first-order valence-electron chi connectivity index (χ1n) is 2.60. The molecule has 0 saturated heterocycles. The molecular weight excluding hydrogens is 170 g/mol. The van der Waals surface area contributed by atoms with Gasteiger partial charge in [-0.15, -0.1) is 0 Å². The maximum Gasteiger partial charge on any atom is 0.347 e. The highest BCUT2D eigenvalue weighted by Gasteiger charge is 2.10. The van der Waals surface area contributed by atoms with Crippen LogP contribution < -0.4 is 5.73 Å². The normalized spacial score (nSPS) is 8.90. The van der Waals surface area contributed by atoms with Crippen LogP contribution in [-0.2, 0) is 4.79 Å². The lowest BCUT2D eigenvalue weighted by Gasteiger charge is -1.96. The summed E-state index contributed by atoms with van der Waals surface area (Å²) in [7, 11) is 0. The highest BCUT2D eigenvalue weighted by atomic mass is 32.1. The standard InChI is InChI=1S/C5H7NO2S2/c6-2-1-3(9)4(10)5(7)8/h1-2,6H2,(H,7,8). The van der Waals surface area contributed by atoms with E-state index in [2.05, 4.69) is 24.4 Å². The highest BCUT2D eigenvalue weighted by molar-refractivity contribution is 7.90. The van der Waals surface area contributed by atoms with Crippen LogP contribution in [0.25, 0.3) is 0 Å². The van der Waals surface area contributed by atoms with Crippen LogP contribution in [-0.4, -0.2) is 27.3 Å². The Morgan fingerprint density at radius 1 is 1.50 bits per heavy atom. The van der Waals surface area contributed by atoms with E-state index in [4.69, 9.17) is 10.8 Å². The van der Waals surface area contributed by atoms with Crippen molar-refractivity contribution in [1.82, 2.24) is 0 Å². The molecule has 0 unspecified atom stereocenters. The van der Waals surface area contributed by atoms with Crippen molar-refractivity contribution in [2.75, 3.05) is 6.54 Å². The number of carbonyl (C=O) groups is 1. The summed E-state index contributed by atoms with van der Waals surface area (Å²) < 4.78 is 0. The maximum atomic E-state index is 10.1. The zero-order valence-electron chi connectivity index (χ0n) is 5.16. The minimum atomic E-state index is -1.14. The first-order valence-corrected chi connectivity index (χ1v) is 3.41. The van der Waals surface area contributed by atoms with E-state index in [9.17, 15) is 4.79 Å². The van der Waals surface area contributed by atoms with Crippen molar-refractivity contribution in [2.45, 2.75) is 6.42 Å². The molecule has 0 aromatic heterocycles. The molecule has 56 valence electrons. The van der Waals surface area contributed by atoms with E-state index >= 15 is 0 Å². The van der Waals surface area contributed by atoms with Gasteiger partial charge in [0, 0.05) is 4.86 Å². The Labute approximate surface area is 69.2 Å². The zero-order valence-corrected chi connectivity index (χ0v) is 6.80. The molecule has 0 spiro atoms. The van der Waals surface area contributed by atoms with Crippen molar-refractivity contribution < 1.29 is 9.90 Å². The second kappa shape index (κ2) is 4.43. The molecule has 0 amide bonds. The summed E-state index contributed by atoms with van der Waals surface area (Å²) in [5, 5.41) is 8.31. The van der Waals surface area contributed by atoms with Gasteiger partial charge in [0.15, 0.2) is 0 Å². The van der Waals surface area contributed by atoms with Crippen LogP contribution in [0.15, 0.2) is 0 Å². The third-order valence-electron chi connectivity index (χ3n) is 0.819. The molecule has 10 heavy (non-hydrogen) atoms. The molecule has 0 aliphatic rings. The van der Waals surface area contributed by atoms with Gasteiger partial charge in [0.2, 0.25) is 0 Å². The van der Waals surface area contributed by atoms with Crippen LogP contribution in [0.4, 0.5) is 0 Å². The number of hydrogen-bond donors (Lipinski definition) is 2. The van der Waals surface area contributed by atoms with Crippen molar-refractivity contribution in [3.05, 3.63) is 0 Å². The molecule has 5 heteroatoms. The summed E-state index contributed by atoms with van der Waals surface area (Å²) >= 11 is 9.12. The lowest BCUT2D eigenvalue weighted by molar-refractivity contribution is -0.128. The van der Waals surface area contributed by atoms with Crippen molar-refractivity contribution >= 4 is 40.1 Å². The number of carboxylic acid groups (broad SMARTS) is 1. The van der Waals surface area contributed by atoms with E-state index in [-0.39, 0.29) is 9.73 Å². The Morgan fingerprint density at radius 2 is 2.00 bits per heavy atom. The highest BCUT2D eigenvalue weighted by Crippen LogP contribution is 1.90. The molecule has 0 bridgehead atoms. The van der Waals surface area contributed by atoms with E-state index in [1.165, 1.54) is 0 Å². The number of thiocarbonyl (C=S) groups is 2. The van der Waals surface area contributed by atoms with Gasteiger partial charge in [-0.25, -0.2) is 4.79 Å². The number of hydrogen-bond acceptors (Lipinski definition) is 4. The fraction of sp³-hybridized carbons (Fsp3) is 0.400. The Bertz CT molecular complexity index is 178. The number of aliphatic carboxylic acids is 1. The predicted octanol–water partition coefficient (Wildman–Crippen LogP) is 0.160. The van der Waals surface area contributed by atoms with Crippen molar-refractivity contribution in [2.24, 2.45) is 5.73 Å². The average Bonchev–Trinajstić information content (AvgIpc) is 1.87. The van der Waals surface area contributed by atoms with E-state index in [1.807, 2.05) is 0 Å². The average molecular weight is 177 g/mol. The van der Waals surface area contributed by atoms with E-state index in [1.54, 1.807) is 0 Å². The van der Waals surface area contributed by atoms with Gasteiger partial charge in [0.1, 0.15) is 4.86 Å². The maximum absolute atomic E-state index is 10.1. The van der Waals surface area contributed by atoms with E-state index in [0.29, 0.717) is 13.0 Å². The van der Waals surface area contributed by atoms with Gasteiger partial charge >= 0.3 is 5.97 Å². The van der Waals surface area contributed by atoms with Crippen LogP contribution >= 0.6 is 24.4 Å². The number of nitrogens with two attached hydrogens (primary N) is 1. The zero-order chi connectivity index (χ0) is 8.15. The summed E-state index contributed by atoms with van der Waals surface area (Å²) in [6, 6.07) is 0. The summed E-state index contributed by atoms with van der Waals surface area (Å²) in [6.07, 6.45) is 0.375. The summed E-state index contributed by atoms with van der Waals surface area (Å²) in [5.74, 6) is -1.14. The Balaban J connectivity index is 3.96. The van der Waals surface area contributed by atoms with Crippen LogP contribution in [0, 0.1) is 0 Å².